The molecule has 0 N–H and O–H groups in total. The van der Waals surface area contributed by atoms with E-state index < -0.39 is 0 Å². The Kier molecular flexibility index (Phi) is 3.49. The fourth-order valence-electron chi connectivity index (χ4n) is 2.43. The van der Waals surface area contributed by atoms with Crippen LogP contribution >= 0.6 is 15.9 Å². The number of hydrogen-bond acceptors (Lipinski definition) is 1. The van der Waals surface area contributed by atoms with Crippen LogP contribution in [0.2, 0.25) is 0 Å². The smallest absolute Gasteiger partial charge is 0.0624 e. The zero-order valence-electron chi connectivity index (χ0n) is 9.54. The number of halogens is 1. The molecule has 2 rings (SSSR count). The molecule has 2 atom stereocenters. The number of hydrogen-bond donors (Lipinski definition) is 0. The van der Waals surface area contributed by atoms with Gasteiger partial charge in [0.2, 0.25) is 0 Å². The van der Waals surface area contributed by atoms with E-state index in [9.17, 15) is 0 Å². The first-order valence-corrected chi connectivity index (χ1v) is 6.78. The second kappa shape index (κ2) is 4.69. The van der Waals surface area contributed by atoms with E-state index in [-0.39, 0.29) is 0 Å². The number of alkyl halides is 1. The van der Waals surface area contributed by atoms with E-state index in [4.69, 9.17) is 0 Å². The molecule has 0 amide bonds. The zero-order valence-corrected chi connectivity index (χ0v) is 11.1. The van der Waals surface area contributed by atoms with E-state index in [0.717, 1.165) is 17.2 Å². The van der Waals surface area contributed by atoms with Crippen molar-refractivity contribution in [1.29, 1.82) is 0 Å². The van der Waals surface area contributed by atoms with Crippen LogP contribution in [-0.4, -0.2) is 14.6 Å². The quantitative estimate of drug-likeness (QED) is 0.772. The van der Waals surface area contributed by atoms with Crippen molar-refractivity contribution in [3.8, 4) is 0 Å². The van der Waals surface area contributed by atoms with Gasteiger partial charge in [0, 0.05) is 17.6 Å². The summed E-state index contributed by atoms with van der Waals surface area (Å²) >= 11 is 3.78. The molecule has 0 aliphatic heterocycles. The summed E-state index contributed by atoms with van der Waals surface area (Å²) < 4.78 is 2.05. The highest BCUT2D eigenvalue weighted by molar-refractivity contribution is 9.09. The van der Waals surface area contributed by atoms with Crippen LogP contribution < -0.4 is 0 Å². The lowest BCUT2D eigenvalue weighted by molar-refractivity contribution is 0.534. The van der Waals surface area contributed by atoms with Crippen molar-refractivity contribution in [2.45, 2.75) is 43.9 Å². The minimum absolute atomic E-state index is 0.720. The molecule has 0 radical (unpaired) electrons. The number of aryl methyl sites for hydroxylation is 2. The molecule has 1 saturated carbocycles. The molecular formula is C12H19BrN2. The van der Waals surface area contributed by atoms with Crippen LogP contribution in [0.3, 0.4) is 0 Å². The summed E-state index contributed by atoms with van der Waals surface area (Å²) in [6.07, 6.45) is 6.29. The van der Waals surface area contributed by atoms with E-state index in [1.165, 1.54) is 37.1 Å². The van der Waals surface area contributed by atoms with Crippen molar-refractivity contribution >= 4 is 15.9 Å². The second-order valence-electron chi connectivity index (χ2n) is 4.52. The molecule has 3 heteroatoms. The largest absolute Gasteiger partial charge is 0.272 e. The minimum atomic E-state index is 0.720. The summed E-state index contributed by atoms with van der Waals surface area (Å²) in [5.74, 6) is 0.810. The fourth-order valence-corrected chi connectivity index (χ4v) is 3.20. The molecule has 15 heavy (non-hydrogen) atoms. The van der Waals surface area contributed by atoms with Crippen molar-refractivity contribution in [2.24, 2.45) is 13.0 Å². The highest BCUT2D eigenvalue weighted by Crippen LogP contribution is 2.33. The highest BCUT2D eigenvalue weighted by Gasteiger charge is 2.25. The van der Waals surface area contributed by atoms with Crippen LogP contribution in [0, 0.1) is 5.92 Å². The van der Waals surface area contributed by atoms with Crippen LogP contribution in [-0.2, 0) is 19.9 Å². The SMILES string of the molecule is CCc1cc(CC2CCCC2Br)n(C)n1. The van der Waals surface area contributed by atoms with Crippen LogP contribution in [0.5, 0.6) is 0 Å². The molecule has 2 nitrogen and oxygen atoms in total. The lowest BCUT2D eigenvalue weighted by Gasteiger charge is -2.13. The van der Waals surface area contributed by atoms with E-state index in [0.29, 0.717) is 0 Å². The molecule has 1 aromatic rings. The van der Waals surface area contributed by atoms with Gasteiger partial charge in [-0.25, -0.2) is 0 Å². The third-order valence-corrected chi connectivity index (χ3v) is 4.63. The maximum absolute atomic E-state index is 4.50. The molecule has 1 aliphatic carbocycles. The van der Waals surface area contributed by atoms with Crippen molar-refractivity contribution in [1.82, 2.24) is 9.78 Å². The molecule has 1 heterocycles. The molecule has 1 aliphatic rings. The standard InChI is InChI=1S/C12H19BrN2/c1-3-10-8-11(15(2)14-10)7-9-5-4-6-12(9)13/h8-9,12H,3-7H2,1-2H3. The van der Waals surface area contributed by atoms with Gasteiger partial charge in [-0.1, -0.05) is 29.3 Å². The summed E-state index contributed by atoms with van der Waals surface area (Å²) in [6.45, 7) is 2.16. The topological polar surface area (TPSA) is 17.8 Å². The third-order valence-electron chi connectivity index (χ3n) is 3.43. The Morgan fingerprint density at radius 2 is 2.33 bits per heavy atom. The second-order valence-corrected chi connectivity index (χ2v) is 5.69. The van der Waals surface area contributed by atoms with Crippen molar-refractivity contribution in [3.63, 3.8) is 0 Å². The van der Waals surface area contributed by atoms with Gasteiger partial charge in [-0.05, 0) is 37.7 Å². The summed E-state index contributed by atoms with van der Waals surface area (Å²) in [5.41, 5.74) is 2.61. The molecule has 1 aromatic heterocycles. The molecule has 0 bridgehead atoms. The monoisotopic (exact) mass is 270 g/mol. The van der Waals surface area contributed by atoms with Gasteiger partial charge in [0.1, 0.15) is 0 Å². The first kappa shape index (κ1) is 11.2. The molecule has 0 saturated heterocycles. The van der Waals surface area contributed by atoms with E-state index in [1.807, 2.05) is 0 Å². The fraction of sp³-hybridized carbons (Fsp3) is 0.750. The molecule has 0 spiro atoms. The summed E-state index contributed by atoms with van der Waals surface area (Å²) in [6, 6.07) is 2.26. The summed E-state index contributed by atoms with van der Waals surface area (Å²) in [4.78, 5) is 0.720. The predicted molar refractivity (Wildman–Crippen MR) is 66.3 cm³/mol. The Morgan fingerprint density at radius 3 is 2.87 bits per heavy atom. The van der Waals surface area contributed by atoms with Crippen molar-refractivity contribution < 1.29 is 0 Å². The Morgan fingerprint density at radius 1 is 1.53 bits per heavy atom. The average Bonchev–Trinajstić information content (AvgIpc) is 2.76. The van der Waals surface area contributed by atoms with Crippen LogP contribution in [0.1, 0.15) is 37.6 Å². The first-order valence-electron chi connectivity index (χ1n) is 5.86. The first-order chi connectivity index (χ1) is 7.20. The number of rotatable bonds is 3. The van der Waals surface area contributed by atoms with Gasteiger partial charge >= 0.3 is 0 Å². The third kappa shape index (κ3) is 2.44. The molecular weight excluding hydrogens is 252 g/mol. The van der Waals surface area contributed by atoms with Gasteiger partial charge in [-0.2, -0.15) is 5.10 Å². The lowest BCUT2D eigenvalue weighted by atomic mass is 10.0. The molecule has 1 fully saturated rings. The molecule has 0 aromatic carbocycles. The average molecular weight is 271 g/mol. The number of aromatic nitrogens is 2. The maximum atomic E-state index is 4.50. The summed E-state index contributed by atoms with van der Waals surface area (Å²) in [7, 11) is 2.06. The van der Waals surface area contributed by atoms with Gasteiger partial charge in [0.15, 0.2) is 0 Å². The Hall–Kier alpha value is -0.310. The Balaban J connectivity index is 2.06. The zero-order chi connectivity index (χ0) is 10.8. The predicted octanol–water partition coefficient (Wildman–Crippen LogP) is 3.09. The maximum Gasteiger partial charge on any atom is 0.0624 e. The van der Waals surface area contributed by atoms with Gasteiger partial charge in [0.25, 0.3) is 0 Å². The van der Waals surface area contributed by atoms with E-state index in [2.05, 4.69) is 45.7 Å². The van der Waals surface area contributed by atoms with Gasteiger partial charge in [-0.15, -0.1) is 0 Å². The number of nitrogens with zero attached hydrogens (tertiary/aromatic N) is 2. The molecule has 84 valence electrons. The van der Waals surface area contributed by atoms with Gasteiger partial charge in [0.05, 0.1) is 5.69 Å². The lowest BCUT2D eigenvalue weighted by Crippen LogP contribution is -2.12. The van der Waals surface area contributed by atoms with E-state index >= 15 is 0 Å². The summed E-state index contributed by atoms with van der Waals surface area (Å²) in [5, 5.41) is 4.50. The normalized spacial score (nSPS) is 26.1. The van der Waals surface area contributed by atoms with Crippen molar-refractivity contribution in [2.75, 3.05) is 0 Å². The Bertz CT molecular complexity index is 332. The van der Waals surface area contributed by atoms with Gasteiger partial charge in [-0.3, -0.25) is 4.68 Å². The van der Waals surface area contributed by atoms with Crippen LogP contribution in [0.4, 0.5) is 0 Å². The minimum Gasteiger partial charge on any atom is -0.272 e. The van der Waals surface area contributed by atoms with Crippen LogP contribution in [0.25, 0.3) is 0 Å². The Labute approximate surface area is 100 Å². The van der Waals surface area contributed by atoms with Crippen molar-refractivity contribution in [3.05, 3.63) is 17.5 Å². The van der Waals surface area contributed by atoms with Crippen LogP contribution in [0.15, 0.2) is 6.07 Å². The van der Waals surface area contributed by atoms with E-state index in [1.54, 1.807) is 0 Å². The highest BCUT2D eigenvalue weighted by atomic mass is 79.9. The van der Waals surface area contributed by atoms with Gasteiger partial charge < -0.3 is 0 Å². The molecule has 2 unspecified atom stereocenters.